The summed E-state index contributed by atoms with van der Waals surface area (Å²) in [4.78, 5) is 0. The van der Waals surface area contributed by atoms with Crippen LogP contribution in [0, 0.1) is 11.3 Å². The van der Waals surface area contributed by atoms with Gasteiger partial charge in [-0.1, -0.05) is 37.3 Å². The van der Waals surface area contributed by atoms with Crippen molar-refractivity contribution in [1.29, 1.82) is 5.26 Å². The summed E-state index contributed by atoms with van der Waals surface area (Å²) < 4.78 is 1.49. The van der Waals surface area contributed by atoms with Crippen molar-refractivity contribution in [3.05, 3.63) is 41.7 Å². The number of anilines is 1. The minimum Gasteiger partial charge on any atom is -0.381 e. The van der Waals surface area contributed by atoms with Crippen molar-refractivity contribution in [2.45, 2.75) is 13.3 Å². The lowest BCUT2D eigenvalue weighted by atomic mass is 10.0. The summed E-state index contributed by atoms with van der Waals surface area (Å²) in [5, 5.41) is 21.4. The number of nitrogens with zero attached hydrogens (tertiary/aromatic N) is 5. The summed E-state index contributed by atoms with van der Waals surface area (Å²) in [7, 11) is 0. The molecule has 0 spiro atoms. The quantitative estimate of drug-likeness (QED) is 0.761. The molecule has 6 nitrogen and oxygen atoms in total. The molecular formula is C14H12N6. The van der Waals surface area contributed by atoms with Crippen LogP contribution in [0.3, 0.4) is 0 Å². The molecule has 3 aromatic rings. The number of nitrogen functional groups attached to an aromatic ring is 1. The monoisotopic (exact) mass is 264 g/mol. The first-order valence-corrected chi connectivity index (χ1v) is 6.25. The van der Waals surface area contributed by atoms with Gasteiger partial charge in [-0.2, -0.15) is 14.9 Å². The van der Waals surface area contributed by atoms with E-state index < -0.39 is 0 Å². The van der Waals surface area contributed by atoms with Gasteiger partial charge in [0.05, 0.1) is 11.3 Å². The number of nitriles is 1. The molecule has 0 saturated carbocycles. The Morgan fingerprint density at radius 3 is 2.65 bits per heavy atom. The van der Waals surface area contributed by atoms with Crippen LogP contribution in [0.25, 0.3) is 16.8 Å². The Morgan fingerprint density at radius 2 is 2.00 bits per heavy atom. The Kier molecular flexibility index (Phi) is 2.80. The molecule has 3 rings (SSSR count). The van der Waals surface area contributed by atoms with Gasteiger partial charge in [-0.25, -0.2) is 0 Å². The third-order valence-corrected chi connectivity index (χ3v) is 3.15. The smallest absolute Gasteiger partial charge is 0.205 e. The standard InChI is InChI=1S/C14H12N6/c1-2-10-12(9-6-4-3-5-7-9)14-18-17-11(8-15)13(16)20(14)19-10/h3-7H,2,16H2,1H3. The highest BCUT2D eigenvalue weighted by atomic mass is 15.3. The van der Waals surface area contributed by atoms with Crippen molar-refractivity contribution in [2.75, 3.05) is 5.73 Å². The highest BCUT2D eigenvalue weighted by molar-refractivity contribution is 5.80. The number of aromatic nitrogens is 4. The fourth-order valence-electron chi connectivity index (χ4n) is 2.19. The van der Waals surface area contributed by atoms with Crippen molar-refractivity contribution in [1.82, 2.24) is 19.8 Å². The topological polar surface area (TPSA) is 92.9 Å². The maximum atomic E-state index is 8.95. The van der Waals surface area contributed by atoms with Crippen LogP contribution < -0.4 is 5.73 Å². The van der Waals surface area contributed by atoms with Crippen LogP contribution >= 0.6 is 0 Å². The third-order valence-electron chi connectivity index (χ3n) is 3.15. The molecule has 0 aliphatic carbocycles. The van der Waals surface area contributed by atoms with Gasteiger partial charge < -0.3 is 5.73 Å². The second-order valence-corrected chi connectivity index (χ2v) is 4.32. The Balaban J connectivity index is 2.38. The molecule has 0 unspecified atom stereocenters. The molecule has 98 valence electrons. The number of rotatable bonds is 2. The predicted molar refractivity (Wildman–Crippen MR) is 74.7 cm³/mol. The van der Waals surface area contributed by atoms with E-state index in [-0.39, 0.29) is 11.5 Å². The zero-order valence-electron chi connectivity index (χ0n) is 10.9. The number of hydrogen-bond donors (Lipinski definition) is 1. The molecule has 0 atom stereocenters. The van der Waals surface area contributed by atoms with E-state index >= 15 is 0 Å². The van der Waals surface area contributed by atoms with Crippen LogP contribution in [0.5, 0.6) is 0 Å². The Bertz CT molecular complexity index is 813. The summed E-state index contributed by atoms with van der Waals surface area (Å²) in [6.45, 7) is 2.02. The minimum absolute atomic E-state index is 0.0854. The van der Waals surface area contributed by atoms with E-state index in [0.717, 1.165) is 23.2 Å². The highest BCUT2D eigenvalue weighted by Crippen LogP contribution is 2.28. The maximum Gasteiger partial charge on any atom is 0.205 e. The van der Waals surface area contributed by atoms with Crippen molar-refractivity contribution in [2.24, 2.45) is 0 Å². The van der Waals surface area contributed by atoms with Crippen LogP contribution in [-0.4, -0.2) is 19.8 Å². The van der Waals surface area contributed by atoms with E-state index in [0.29, 0.717) is 5.65 Å². The minimum atomic E-state index is 0.0854. The van der Waals surface area contributed by atoms with Crippen molar-refractivity contribution in [3.8, 4) is 17.2 Å². The highest BCUT2D eigenvalue weighted by Gasteiger charge is 2.18. The molecule has 0 bridgehead atoms. The number of benzene rings is 1. The van der Waals surface area contributed by atoms with Crippen LogP contribution in [-0.2, 0) is 6.42 Å². The van der Waals surface area contributed by atoms with Gasteiger partial charge in [0, 0.05) is 0 Å². The molecule has 0 saturated heterocycles. The first-order chi connectivity index (χ1) is 9.76. The molecule has 2 N–H and O–H groups in total. The van der Waals surface area contributed by atoms with Gasteiger partial charge in [-0.3, -0.25) is 0 Å². The van der Waals surface area contributed by atoms with Crippen molar-refractivity contribution in [3.63, 3.8) is 0 Å². The van der Waals surface area contributed by atoms with Gasteiger partial charge in [-0.15, -0.1) is 10.2 Å². The van der Waals surface area contributed by atoms with Crippen LogP contribution in [0.1, 0.15) is 18.3 Å². The average Bonchev–Trinajstić information content (AvgIpc) is 2.88. The fraction of sp³-hybridized carbons (Fsp3) is 0.143. The molecule has 1 aromatic carbocycles. The molecule has 0 amide bonds. The number of hydrogen-bond acceptors (Lipinski definition) is 5. The van der Waals surface area contributed by atoms with Gasteiger partial charge in [-0.05, 0) is 12.0 Å². The molecular weight excluding hydrogens is 252 g/mol. The second kappa shape index (κ2) is 4.63. The first-order valence-electron chi connectivity index (χ1n) is 6.25. The summed E-state index contributed by atoms with van der Waals surface area (Å²) in [6.07, 6.45) is 0.745. The lowest BCUT2D eigenvalue weighted by molar-refractivity contribution is 0.863. The molecule has 0 radical (unpaired) electrons. The molecule has 20 heavy (non-hydrogen) atoms. The lowest BCUT2D eigenvalue weighted by Gasteiger charge is -2.01. The van der Waals surface area contributed by atoms with Gasteiger partial charge in [0.25, 0.3) is 0 Å². The van der Waals surface area contributed by atoms with Crippen molar-refractivity contribution >= 4 is 11.5 Å². The molecule has 0 fully saturated rings. The lowest BCUT2D eigenvalue weighted by Crippen LogP contribution is -2.06. The average molecular weight is 264 g/mol. The molecule has 2 heterocycles. The normalized spacial score (nSPS) is 10.6. The van der Waals surface area contributed by atoms with Gasteiger partial charge in [0.2, 0.25) is 5.69 Å². The Morgan fingerprint density at radius 1 is 1.25 bits per heavy atom. The maximum absolute atomic E-state index is 8.95. The summed E-state index contributed by atoms with van der Waals surface area (Å²) in [5.41, 5.74) is 9.39. The van der Waals surface area contributed by atoms with Gasteiger partial charge >= 0.3 is 0 Å². The summed E-state index contributed by atoms with van der Waals surface area (Å²) >= 11 is 0. The van der Waals surface area contributed by atoms with E-state index in [4.69, 9.17) is 11.0 Å². The first kappa shape index (κ1) is 12.1. The van der Waals surface area contributed by atoms with Crippen LogP contribution in [0.4, 0.5) is 5.82 Å². The SMILES string of the molecule is CCc1nn2c(N)c(C#N)nnc2c1-c1ccccc1. The van der Waals surface area contributed by atoms with Crippen LogP contribution in [0.2, 0.25) is 0 Å². The zero-order chi connectivity index (χ0) is 14.1. The summed E-state index contributed by atoms with van der Waals surface area (Å²) in [5.74, 6) is 0.217. The van der Waals surface area contributed by atoms with E-state index in [2.05, 4.69) is 15.3 Å². The predicted octanol–water partition coefficient (Wildman–Crippen LogP) is 1.81. The van der Waals surface area contributed by atoms with E-state index in [1.807, 2.05) is 43.3 Å². The molecule has 0 aliphatic rings. The van der Waals surface area contributed by atoms with Crippen LogP contribution in [0.15, 0.2) is 30.3 Å². The molecule has 2 aromatic heterocycles. The van der Waals surface area contributed by atoms with Gasteiger partial charge in [0.15, 0.2) is 11.5 Å². The molecule has 0 aliphatic heterocycles. The Labute approximate surface area is 115 Å². The van der Waals surface area contributed by atoms with Gasteiger partial charge in [0.1, 0.15) is 6.07 Å². The fourth-order valence-corrected chi connectivity index (χ4v) is 2.19. The van der Waals surface area contributed by atoms with Crippen molar-refractivity contribution < 1.29 is 0 Å². The van der Waals surface area contributed by atoms with E-state index in [9.17, 15) is 0 Å². The third kappa shape index (κ3) is 1.68. The molecule has 6 heteroatoms. The summed E-state index contributed by atoms with van der Waals surface area (Å²) in [6, 6.07) is 11.8. The second-order valence-electron chi connectivity index (χ2n) is 4.32. The number of nitrogens with two attached hydrogens (primary N) is 1. The number of fused-ring (bicyclic) bond motifs is 1. The largest absolute Gasteiger partial charge is 0.381 e. The van der Waals surface area contributed by atoms with E-state index in [1.165, 1.54) is 4.52 Å². The zero-order valence-corrected chi connectivity index (χ0v) is 10.9. The van der Waals surface area contributed by atoms with E-state index in [1.54, 1.807) is 0 Å². The Hall–Kier alpha value is -2.94. The number of aryl methyl sites for hydroxylation is 1.